The Morgan fingerprint density at radius 1 is 1.06 bits per heavy atom. The van der Waals surface area contributed by atoms with Crippen molar-refractivity contribution in [1.29, 1.82) is 0 Å². The van der Waals surface area contributed by atoms with Crippen LogP contribution in [0.2, 0.25) is 0 Å². The molecule has 0 atom stereocenters. The third-order valence-electron chi connectivity index (χ3n) is 5.74. The third-order valence-corrected chi connectivity index (χ3v) is 5.74. The first-order valence-corrected chi connectivity index (χ1v) is 10.9. The lowest BCUT2D eigenvalue weighted by atomic mass is 10.1. The molecule has 0 unspecified atom stereocenters. The molecular weight excluding hydrogens is 406 g/mol. The Bertz CT molecular complexity index is 1020. The Morgan fingerprint density at radius 3 is 2.47 bits per heavy atom. The lowest BCUT2D eigenvalue weighted by Crippen LogP contribution is -2.36. The standard InChI is InChI=1S/C25H29N3O4/c1-18-24(19(2)32-27-18)17-31-23-9-7-20(8-10-23)25(29)26-15-21-5-3-4-6-22(21)16-28-11-13-30-14-12-28/h3-10H,11-17H2,1-2H3,(H,26,29). The molecule has 0 radical (unpaired) electrons. The molecule has 1 N–H and O–H groups in total. The predicted molar refractivity (Wildman–Crippen MR) is 120 cm³/mol. The first-order valence-electron chi connectivity index (χ1n) is 10.9. The number of hydrogen-bond donors (Lipinski definition) is 1. The van der Waals surface area contributed by atoms with E-state index in [0.717, 1.165) is 55.4 Å². The molecule has 0 saturated carbocycles. The van der Waals surface area contributed by atoms with Crippen molar-refractivity contribution in [3.8, 4) is 5.75 Å². The maximum atomic E-state index is 12.7. The van der Waals surface area contributed by atoms with E-state index in [-0.39, 0.29) is 5.91 Å². The van der Waals surface area contributed by atoms with Crippen molar-refractivity contribution >= 4 is 5.91 Å². The Balaban J connectivity index is 1.31. The van der Waals surface area contributed by atoms with Gasteiger partial charge in [0.1, 0.15) is 18.1 Å². The number of benzene rings is 2. The molecule has 2 heterocycles. The maximum Gasteiger partial charge on any atom is 0.251 e. The summed E-state index contributed by atoms with van der Waals surface area (Å²) in [6.07, 6.45) is 0. The van der Waals surface area contributed by atoms with Gasteiger partial charge in [-0.05, 0) is 49.2 Å². The minimum atomic E-state index is -0.108. The van der Waals surface area contributed by atoms with Crippen LogP contribution in [-0.4, -0.2) is 42.3 Å². The number of carbonyl (C=O) groups excluding carboxylic acids is 1. The van der Waals surface area contributed by atoms with Crippen molar-refractivity contribution < 1.29 is 18.8 Å². The van der Waals surface area contributed by atoms with E-state index >= 15 is 0 Å². The van der Waals surface area contributed by atoms with Crippen LogP contribution in [0.5, 0.6) is 5.75 Å². The number of rotatable bonds is 8. The van der Waals surface area contributed by atoms with E-state index in [1.165, 1.54) is 5.56 Å². The summed E-state index contributed by atoms with van der Waals surface area (Å²) in [7, 11) is 0. The molecule has 1 saturated heterocycles. The molecular formula is C25H29N3O4. The number of morpholine rings is 1. The molecule has 0 spiro atoms. The van der Waals surface area contributed by atoms with Crippen LogP contribution in [0.25, 0.3) is 0 Å². The zero-order valence-electron chi connectivity index (χ0n) is 18.6. The van der Waals surface area contributed by atoms with Crippen molar-refractivity contribution in [3.63, 3.8) is 0 Å². The van der Waals surface area contributed by atoms with Crippen LogP contribution in [0, 0.1) is 13.8 Å². The van der Waals surface area contributed by atoms with E-state index in [2.05, 4.69) is 27.5 Å². The van der Waals surface area contributed by atoms with Gasteiger partial charge in [-0.2, -0.15) is 0 Å². The first kappa shape index (κ1) is 22.0. The average molecular weight is 436 g/mol. The summed E-state index contributed by atoms with van der Waals surface area (Å²) in [4.78, 5) is 15.0. The average Bonchev–Trinajstić information content (AvgIpc) is 3.15. The molecule has 1 amide bonds. The van der Waals surface area contributed by atoms with Gasteiger partial charge in [0.25, 0.3) is 5.91 Å². The molecule has 1 aliphatic heterocycles. The summed E-state index contributed by atoms with van der Waals surface area (Å²) in [5.41, 5.74) is 4.74. The second kappa shape index (κ2) is 10.4. The smallest absolute Gasteiger partial charge is 0.251 e. The van der Waals surface area contributed by atoms with E-state index in [4.69, 9.17) is 14.0 Å². The molecule has 3 aromatic rings. The normalized spacial score (nSPS) is 14.3. The van der Waals surface area contributed by atoms with Crippen molar-refractivity contribution in [2.75, 3.05) is 26.3 Å². The van der Waals surface area contributed by atoms with Crippen LogP contribution in [0.3, 0.4) is 0 Å². The van der Waals surface area contributed by atoms with Gasteiger partial charge in [0, 0.05) is 31.7 Å². The molecule has 1 fully saturated rings. The van der Waals surface area contributed by atoms with Crippen molar-refractivity contribution in [2.45, 2.75) is 33.5 Å². The number of carbonyl (C=O) groups is 1. The number of aryl methyl sites for hydroxylation is 2. The Morgan fingerprint density at radius 2 is 1.78 bits per heavy atom. The number of aromatic nitrogens is 1. The van der Waals surface area contributed by atoms with Crippen molar-refractivity contribution in [3.05, 3.63) is 82.2 Å². The van der Waals surface area contributed by atoms with Gasteiger partial charge in [-0.25, -0.2) is 0 Å². The minimum absolute atomic E-state index is 0.108. The Kier molecular flexibility index (Phi) is 7.19. The van der Waals surface area contributed by atoms with E-state index in [9.17, 15) is 4.79 Å². The van der Waals surface area contributed by atoms with Crippen LogP contribution in [-0.2, 0) is 24.4 Å². The van der Waals surface area contributed by atoms with Gasteiger partial charge in [-0.3, -0.25) is 9.69 Å². The molecule has 7 nitrogen and oxygen atoms in total. The van der Waals surface area contributed by atoms with E-state index in [0.29, 0.717) is 24.5 Å². The lowest BCUT2D eigenvalue weighted by molar-refractivity contribution is 0.0340. The fraction of sp³-hybridized carbons (Fsp3) is 0.360. The van der Waals surface area contributed by atoms with Gasteiger partial charge in [-0.1, -0.05) is 29.4 Å². The van der Waals surface area contributed by atoms with Gasteiger partial charge in [0.2, 0.25) is 0 Å². The quantitative estimate of drug-likeness (QED) is 0.582. The fourth-order valence-corrected chi connectivity index (χ4v) is 3.73. The SMILES string of the molecule is Cc1noc(C)c1COc1ccc(C(=O)NCc2ccccc2CN2CCOCC2)cc1. The fourth-order valence-electron chi connectivity index (χ4n) is 3.73. The molecule has 1 aliphatic rings. The summed E-state index contributed by atoms with van der Waals surface area (Å²) >= 11 is 0. The van der Waals surface area contributed by atoms with Gasteiger partial charge in [0.15, 0.2) is 0 Å². The summed E-state index contributed by atoms with van der Waals surface area (Å²) in [6.45, 7) is 8.92. The van der Waals surface area contributed by atoms with Crippen LogP contribution in [0.15, 0.2) is 53.1 Å². The minimum Gasteiger partial charge on any atom is -0.489 e. The number of hydrogen-bond acceptors (Lipinski definition) is 6. The monoisotopic (exact) mass is 435 g/mol. The summed E-state index contributed by atoms with van der Waals surface area (Å²) < 4.78 is 16.4. The highest BCUT2D eigenvalue weighted by Crippen LogP contribution is 2.18. The second-order valence-electron chi connectivity index (χ2n) is 7.96. The number of nitrogens with zero attached hydrogens (tertiary/aromatic N) is 2. The highest BCUT2D eigenvalue weighted by molar-refractivity contribution is 5.94. The second-order valence-corrected chi connectivity index (χ2v) is 7.96. The zero-order chi connectivity index (χ0) is 22.3. The molecule has 7 heteroatoms. The largest absolute Gasteiger partial charge is 0.489 e. The topological polar surface area (TPSA) is 76.8 Å². The molecule has 168 valence electrons. The van der Waals surface area contributed by atoms with Crippen LogP contribution < -0.4 is 10.1 Å². The summed E-state index contributed by atoms with van der Waals surface area (Å²) in [6, 6.07) is 15.4. The predicted octanol–water partition coefficient (Wildman–Crippen LogP) is 3.63. The van der Waals surface area contributed by atoms with Gasteiger partial charge >= 0.3 is 0 Å². The molecule has 0 bridgehead atoms. The highest BCUT2D eigenvalue weighted by Gasteiger charge is 2.14. The summed E-state index contributed by atoms with van der Waals surface area (Å²) in [5, 5.41) is 6.97. The number of ether oxygens (including phenoxy) is 2. The van der Waals surface area contributed by atoms with Crippen molar-refractivity contribution in [2.24, 2.45) is 0 Å². The molecule has 0 aliphatic carbocycles. The van der Waals surface area contributed by atoms with E-state index in [1.54, 1.807) is 24.3 Å². The van der Waals surface area contributed by atoms with Gasteiger partial charge in [-0.15, -0.1) is 0 Å². The van der Waals surface area contributed by atoms with Crippen molar-refractivity contribution in [1.82, 2.24) is 15.4 Å². The van der Waals surface area contributed by atoms with Gasteiger partial charge < -0.3 is 19.3 Å². The summed E-state index contributed by atoms with van der Waals surface area (Å²) in [5.74, 6) is 1.34. The highest BCUT2D eigenvalue weighted by atomic mass is 16.5. The number of nitrogens with one attached hydrogen (secondary N) is 1. The zero-order valence-corrected chi connectivity index (χ0v) is 18.6. The Labute approximate surface area is 188 Å². The molecule has 1 aromatic heterocycles. The molecule has 32 heavy (non-hydrogen) atoms. The Hall–Kier alpha value is -3.16. The van der Waals surface area contributed by atoms with E-state index in [1.807, 2.05) is 26.0 Å². The van der Waals surface area contributed by atoms with Crippen LogP contribution in [0.4, 0.5) is 0 Å². The van der Waals surface area contributed by atoms with Crippen LogP contribution in [0.1, 0.15) is 38.5 Å². The number of amides is 1. The third kappa shape index (κ3) is 5.55. The van der Waals surface area contributed by atoms with E-state index < -0.39 is 0 Å². The first-order chi connectivity index (χ1) is 15.6. The van der Waals surface area contributed by atoms with Gasteiger partial charge in [0.05, 0.1) is 24.5 Å². The molecule has 4 rings (SSSR count). The maximum absolute atomic E-state index is 12.7. The molecule has 2 aromatic carbocycles. The lowest BCUT2D eigenvalue weighted by Gasteiger charge is -2.27. The van der Waals surface area contributed by atoms with Crippen LogP contribution >= 0.6 is 0 Å².